The molecule has 38 heavy (non-hydrogen) atoms. The fraction of sp³-hybridized carbons (Fsp3) is 0.516. The number of rotatable bonds is 17. The first-order chi connectivity index (χ1) is 18.3. The maximum atomic E-state index is 12.6. The van der Waals surface area contributed by atoms with Crippen molar-refractivity contribution >= 4 is 23.5 Å². The number of nitrogens with one attached hydrogen (secondary N) is 1. The molecule has 0 unspecified atom stereocenters. The standard InChI is InChI=1S/C31H44N2O5/c1-4-5-6-7-8-9-10-11-12-15-22-32-29(34)26-20-18-25(19-21-26)23-33(30(35)31(36)37)27-16-13-14-17-28(27)38-24(2)3/h13-14,16-21,24H,4-12,15,22-23H2,1-3H3,(H,32,34)(H,36,37). The molecule has 2 rings (SSSR count). The first-order valence-corrected chi connectivity index (χ1v) is 14.0. The van der Waals surface area contributed by atoms with E-state index in [9.17, 15) is 19.5 Å². The van der Waals surface area contributed by atoms with Gasteiger partial charge in [-0.05, 0) is 50.1 Å². The van der Waals surface area contributed by atoms with Crippen LogP contribution in [0.2, 0.25) is 0 Å². The van der Waals surface area contributed by atoms with Crippen LogP contribution in [0.25, 0.3) is 0 Å². The van der Waals surface area contributed by atoms with E-state index in [4.69, 9.17) is 4.74 Å². The Bertz CT molecular complexity index is 1000. The Hall–Kier alpha value is -3.35. The lowest BCUT2D eigenvalue weighted by Crippen LogP contribution is -2.36. The van der Waals surface area contributed by atoms with E-state index in [-0.39, 0.29) is 18.6 Å². The maximum Gasteiger partial charge on any atom is 0.394 e. The Balaban J connectivity index is 1.86. The van der Waals surface area contributed by atoms with Crippen LogP contribution < -0.4 is 15.0 Å². The summed E-state index contributed by atoms with van der Waals surface area (Å²) in [5.41, 5.74) is 1.61. The lowest BCUT2D eigenvalue weighted by atomic mass is 10.1. The Morgan fingerprint density at radius 1 is 0.842 bits per heavy atom. The number of carboxylic acid groups (broad SMARTS) is 1. The van der Waals surface area contributed by atoms with Crippen molar-refractivity contribution in [1.82, 2.24) is 5.32 Å². The van der Waals surface area contributed by atoms with Gasteiger partial charge < -0.3 is 15.2 Å². The van der Waals surface area contributed by atoms with Crippen molar-refractivity contribution in [2.75, 3.05) is 11.4 Å². The largest absolute Gasteiger partial charge is 0.489 e. The van der Waals surface area contributed by atoms with Crippen LogP contribution in [0.5, 0.6) is 5.75 Å². The van der Waals surface area contributed by atoms with Crippen LogP contribution in [-0.2, 0) is 16.1 Å². The van der Waals surface area contributed by atoms with E-state index in [1.54, 1.807) is 48.5 Å². The van der Waals surface area contributed by atoms with Gasteiger partial charge in [-0.25, -0.2) is 4.79 Å². The molecule has 0 atom stereocenters. The summed E-state index contributed by atoms with van der Waals surface area (Å²) >= 11 is 0. The molecule has 0 saturated carbocycles. The average Bonchev–Trinajstić information content (AvgIpc) is 2.90. The summed E-state index contributed by atoms with van der Waals surface area (Å²) in [6, 6.07) is 13.7. The molecule has 0 heterocycles. The molecule has 0 aromatic heterocycles. The minimum Gasteiger partial charge on any atom is -0.489 e. The molecule has 2 N–H and O–H groups in total. The van der Waals surface area contributed by atoms with E-state index >= 15 is 0 Å². The second-order valence-electron chi connectivity index (χ2n) is 9.97. The zero-order valence-corrected chi connectivity index (χ0v) is 23.2. The Morgan fingerprint density at radius 3 is 2.00 bits per heavy atom. The second-order valence-corrected chi connectivity index (χ2v) is 9.97. The predicted molar refractivity (Wildman–Crippen MR) is 152 cm³/mol. The first-order valence-electron chi connectivity index (χ1n) is 14.0. The van der Waals surface area contributed by atoms with Crippen molar-refractivity contribution < 1.29 is 24.2 Å². The molecule has 0 bridgehead atoms. The smallest absolute Gasteiger partial charge is 0.394 e. The zero-order valence-electron chi connectivity index (χ0n) is 23.2. The summed E-state index contributed by atoms with van der Waals surface area (Å²) in [5, 5.41) is 12.4. The third kappa shape index (κ3) is 11.0. The predicted octanol–water partition coefficient (Wildman–Crippen LogP) is 6.74. The van der Waals surface area contributed by atoms with Crippen molar-refractivity contribution in [2.24, 2.45) is 0 Å². The number of nitrogens with zero attached hydrogens (tertiary/aromatic N) is 1. The SMILES string of the molecule is CCCCCCCCCCCCNC(=O)c1ccc(CN(C(=O)C(=O)O)c2ccccc2OC(C)C)cc1. The van der Waals surface area contributed by atoms with Crippen LogP contribution >= 0.6 is 0 Å². The molecule has 0 saturated heterocycles. The fourth-order valence-electron chi connectivity index (χ4n) is 4.28. The highest BCUT2D eigenvalue weighted by Crippen LogP contribution is 2.30. The Labute approximate surface area is 227 Å². The number of carbonyl (C=O) groups excluding carboxylic acids is 2. The molecule has 0 aliphatic heterocycles. The van der Waals surface area contributed by atoms with E-state index in [0.29, 0.717) is 29.1 Å². The van der Waals surface area contributed by atoms with Crippen molar-refractivity contribution in [1.29, 1.82) is 0 Å². The molecular formula is C31H44N2O5. The lowest BCUT2D eigenvalue weighted by Gasteiger charge is -2.24. The molecule has 7 heteroatoms. The van der Waals surface area contributed by atoms with Crippen LogP contribution in [-0.4, -0.2) is 35.5 Å². The number of carbonyl (C=O) groups is 3. The molecule has 208 valence electrons. The molecule has 0 aliphatic rings. The average molecular weight is 525 g/mol. The van der Waals surface area contributed by atoms with Gasteiger partial charge in [0, 0.05) is 12.1 Å². The minimum atomic E-state index is -1.55. The number of anilines is 1. The molecule has 0 fully saturated rings. The van der Waals surface area contributed by atoms with Crippen molar-refractivity contribution in [3.8, 4) is 5.75 Å². The minimum absolute atomic E-state index is 0.0319. The summed E-state index contributed by atoms with van der Waals surface area (Å²) < 4.78 is 5.80. The lowest BCUT2D eigenvalue weighted by molar-refractivity contribution is -0.148. The number of ether oxygens (including phenoxy) is 1. The van der Waals surface area contributed by atoms with Crippen molar-refractivity contribution in [2.45, 2.75) is 97.6 Å². The number of amides is 2. The van der Waals surface area contributed by atoms with Crippen LogP contribution in [0, 0.1) is 0 Å². The number of hydrogen-bond acceptors (Lipinski definition) is 4. The van der Waals surface area contributed by atoms with E-state index in [2.05, 4.69) is 12.2 Å². The quantitative estimate of drug-likeness (QED) is 0.176. The number of para-hydroxylation sites is 2. The van der Waals surface area contributed by atoms with Crippen LogP contribution in [0.15, 0.2) is 48.5 Å². The van der Waals surface area contributed by atoms with Gasteiger partial charge in [0.2, 0.25) is 0 Å². The van der Waals surface area contributed by atoms with Gasteiger partial charge in [-0.15, -0.1) is 0 Å². The van der Waals surface area contributed by atoms with Gasteiger partial charge in [0.15, 0.2) is 0 Å². The van der Waals surface area contributed by atoms with Gasteiger partial charge in [-0.1, -0.05) is 89.0 Å². The monoisotopic (exact) mass is 524 g/mol. The van der Waals surface area contributed by atoms with E-state index < -0.39 is 11.9 Å². The number of unbranched alkanes of at least 4 members (excludes halogenated alkanes) is 9. The summed E-state index contributed by atoms with van der Waals surface area (Å²) in [7, 11) is 0. The fourth-order valence-corrected chi connectivity index (χ4v) is 4.28. The van der Waals surface area contributed by atoms with Gasteiger partial charge in [0.1, 0.15) is 5.75 Å². The van der Waals surface area contributed by atoms with Gasteiger partial charge in [0.25, 0.3) is 5.91 Å². The van der Waals surface area contributed by atoms with Gasteiger partial charge in [-0.3, -0.25) is 14.5 Å². The number of carboxylic acids is 1. The number of aliphatic carboxylic acids is 1. The van der Waals surface area contributed by atoms with Crippen LogP contribution in [0.4, 0.5) is 5.69 Å². The molecule has 7 nitrogen and oxygen atoms in total. The van der Waals surface area contributed by atoms with Gasteiger partial charge >= 0.3 is 11.9 Å². The van der Waals surface area contributed by atoms with Crippen LogP contribution in [0.1, 0.15) is 101 Å². The molecule has 2 aromatic rings. The Kier molecular flexibility index (Phi) is 14.0. The van der Waals surface area contributed by atoms with E-state index in [1.807, 2.05) is 13.8 Å². The highest BCUT2D eigenvalue weighted by molar-refractivity contribution is 6.37. The maximum absolute atomic E-state index is 12.6. The van der Waals surface area contributed by atoms with Crippen molar-refractivity contribution in [3.63, 3.8) is 0 Å². The topological polar surface area (TPSA) is 95.9 Å². The molecule has 2 aromatic carbocycles. The number of benzene rings is 2. The summed E-state index contributed by atoms with van der Waals surface area (Å²) in [6.45, 7) is 6.64. The van der Waals surface area contributed by atoms with Gasteiger partial charge in [-0.2, -0.15) is 0 Å². The highest BCUT2D eigenvalue weighted by atomic mass is 16.5. The summed E-state index contributed by atoms with van der Waals surface area (Å²) in [4.78, 5) is 37.8. The van der Waals surface area contributed by atoms with E-state index in [1.165, 1.54) is 56.3 Å². The van der Waals surface area contributed by atoms with Crippen LogP contribution in [0.3, 0.4) is 0 Å². The molecular weight excluding hydrogens is 480 g/mol. The third-order valence-electron chi connectivity index (χ3n) is 6.32. The normalized spacial score (nSPS) is 10.8. The van der Waals surface area contributed by atoms with E-state index in [0.717, 1.165) is 12.8 Å². The Morgan fingerprint density at radius 2 is 1.42 bits per heavy atom. The zero-order chi connectivity index (χ0) is 27.8. The number of hydrogen-bond donors (Lipinski definition) is 2. The van der Waals surface area contributed by atoms with Crippen molar-refractivity contribution in [3.05, 3.63) is 59.7 Å². The molecule has 2 amide bonds. The second kappa shape index (κ2) is 17.2. The highest BCUT2D eigenvalue weighted by Gasteiger charge is 2.25. The third-order valence-corrected chi connectivity index (χ3v) is 6.32. The molecule has 0 aliphatic carbocycles. The summed E-state index contributed by atoms with van der Waals surface area (Å²) in [5.74, 6) is -2.31. The molecule has 0 radical (unpaired) electrons. The molecule has 0 spiro atoms. The van der Waals surface area contributed by atoms with Gasteiger partial charge in [0.05, 0.1) is 18.3 Å². The summed E-state index contributed by atoms with van der Waals surface area (Å²) in [6.07, 6.45) is 12.3. The first kappa shape index (κ1) is 30.9.